The van der Waals surface area contributed by atoms with Crippen molar-refractivity contribution in [3.05, 3.63) is 41.6 Å². The van der Waals surface area contributed by atoms with E-state index >= 15 is 0 Å². The number of nitrogens with zero attached hydrogens (tertiary/aromatic N) is 1. The van der Waals surface area contributed by atoms with Gasteiger partial charge in [0.2, 0.25) is 0 Å². The first-order valence-corrected chi connectivity index (χ1v) is 8.28. The minimum absolute atomic E-state index is 0.871. The summed E-state index contributed by atoms with van der Waals surface area (Å²) in [5, 5.41) is 4.96. The summed E-state index contributed by atoms with van der Waals surface area (Å²) in [6.07, 6.45) is 5.60. The summed E-state index contributed by atoms with van der Waals surface area (Å²) in [4.78, 5) is 4.61. The van der Waals surface area contributed by atoms with Gasteiger partial charge >= 0.3 is 0 Å². The summed E-state index contributed by atoms with van der Waals surface area (Å²) in [6, 6.07) is 10.7. The molecule has 2 heteroatoms. The van der Waals surface area contributed by atoms with Gasteiger partial charge in [-0.05, 0) is 55.8 Å². The highest BCUT2D eigenvalue weighted by Gasteiger charge is 2.17. The number of fused-ring (bicyclic) bond motifs is 1. The Kier molecular flexibility index (Phi) is 4.54. The zero-order chi connectivity index (χ0) is 14.7. The van der Waals surface area contributed by atoms with Crippen molar-refractivity contribution in [2.24, 2.45) is 11.8 Å². The van der Waals surface area contributed by atoms with Gasteiger partial charge in [0.05, 0.1) is 5.52 Å². The van der Waals surface area contributed by atoms with Crippen LogP contribution in [-0.2, 0) is 6.54 Å². The Labute approximate surface area is 128 Å². The molecule has 3 rings (SSSR count). The smallest absolute Gasteiger partial charge is 0.0708 e. The first kappa shape index (κ1) is 14.5. The lowest BCUT2D eigenvalue weighted by Crippen LogP contribution is -2.25. The predicted molar refractivity (Wildman–Crippen MR) is 89.3 cm³/mol. The first-order chi connectivity index (χ1) is 10.2. The summed E-state index contributed by atoms with van der Waals surface area (Å²) in [5.41, 5.74) is 3.60. The second-order valence-electron chi connectivity index (χ2n) is 6.70. The Morgan fingerprint density at radius 1 is 1.14 bits per heavy atom. The van der Waals surface area contributed by atoms with Crippen LogP contribution < -0.4 is 5.32 Å². The van der Waals surface area contributed by atoms with Gasteiger partial charge in [0.15, 0.2) is 0 Å². The van der Waals surface area contributed by atoms with Crippen LogP contribution in [0.3, 0.4) is 0 Å². The Morgan fingerprint density at radius 2 is 1.90 bits per heavy atom. The molecule has 0 bridgehead atoms. The van der Waals surface area contributed by atoms with Gasteiger partial charge in [0.1, 0.15) is 0 Å². The van der Waals surface area contributed by atoms with Crippen LogP contribution in [-0.4, -0.2) is 11.5 Å². The molecule has 1 saturated carbocycles. The highest BCUT2D eigenvalue weighted by Crippen LogP contribution is 2.27. The Morgan fingerprint density at radius 3 is 2.71 bits per heavy atom. The van der Waals surface area contributed by atoms with E-state index in [1.165, 1.54) is 36.6 Å². The molecule has 1 aromatic heterocycles. The van der Waals surface area contributed by atoms with Crippen molar-refractivity contribution in [2.75, 3.05) is 6.54 Å². The molecule has 0 unspecified atom stereocenters. The molecule has 0 spiro atoms. The largest absolute Gasteiger partial charge is 0.312 e. The summed E-state index contributed by atoms with van der Waals surface area (Å²) in [7, 11) is 0. The number of hydrogen-bond acceptors (Lipinski definition) is 2. The zero-order valence-corrected chi connectivity index (χ0v) is 13.2. The van der Waals surface area contributed by atoms with Crippen LogP contribution >= 0.6 is 0 Å². The lowest BCUT2D eigenvalue weighted by molar-refractivity contribution is 0.281. The third-order valence-electron chi connectivity index (χ3n) is 4.81. The summed E-state index contributed by atoms with van der Waals surface area (Å²) in [5.74, 6) is 1.81. The van der Waals surface area contributed by atoms with Crippen LogP contribution in [0.25, 0.3) is 10.9 Å². The molecular weight excluding hydrogens is 256 g/mol. The molecule has 0 atom stereocenters. The minimum atomic E-state index is 0.871. The number of pyridine rings is 1. The van der Waals surface area contributed by atoms with Crippen LogP contribution in [0.4, 0.5) is 0 Å². The molecule has 1 N–H and O–H groups in total. The van der Waals surface area contributed by atoms with E-state index in [9.17, 15) is 0 Å². The molecule has 0 saturated heterocycles. The molecular formula is C19H26N2. The number of benzene rings is 1. The van der Waals surface area contributed by atoms with Gasteiger partial charge in [0, 0.05) is 17.6 Å². The second-order valence-corrected chi connectivity index (χ2v) is 6.70. The summed E-state index contributed by atoms with van der Waals surface area (Å²) >= 11 is 0. The standard InChI is InChI=1S/C19H26N2/c1-14-7-9-16(10-8-14)12-20-13-17-11-15(2)21-19-6-4-3-5-18(17)19/h3-6,11,14,16,20H,7-10,12-13H2,1-2H3. The molecule has 0 amide bonds. The average Bonchev–Trinajstić information content (AvgIpc) is 2.49. The Hall–Kier alpha value is -1.41. The van der Waals surface area contributed by atoms with Crippen molar-refractivity contribution in [1.29, 1.82) is 0 Å². The van der Waals surface area contributed by atoms with Gasteiger partial charge in [0.25, 0.3) is 0 Å². The van der Waals surface area contributed by atoms with E-state index in [1.807, 2.05) is 0 Å². The van der Waals surface area contributed by atoms with Crippen molar-refractivity contribution < 1.29 is 0 Å². The maximum absolute atomic E-state index is 4.61. The van der Waals surface area contributed by atoms with E-state index in [0.717, 1.165) is 36.1 Å². The molecule has 1 aliphatic rings. The Balaban J connectivity index is 1.63. The fourth-order valence-corrected chi connectivity index (χ4v) is 3.49. The maximum Gasteiger partial charge on any atom is 0.0708 e. The van der Waals surface area contributed by atoms with E-state index in [1.54, 1.807) is 0 Å². The first-order valence-electron chi connectivity index (χ1n) is 8.28. The summed E-state index contributed by atoms with van der Waals surface area (Å²) in [6.45, 7) is 6.58. The lowest BCUT2D eigenvalue weighted by Gasteiger charge is -2.26. The van der Waals surface area contributed by atoms with Crippen molar-refractivity contribution in [2.45, 2.75) is 46.1 Å². The van der Waals surface area contributed by atoms with Crippen molar-refractivity contribution in [3.63, 3.8) is 0 Å². The molecule has 0 aliphatic heterocycles. The van der Waals surface area contributed by atoms with Gasteiger partial charge < -0.3 is 5.32 Å². The van der Waals surface area contributed by atoms with E-state index < -0.39 is 0 Å². The quantitative estimate of drug-likeness (QED) is 0.895. The topological polar surface area (TPSA) is 24.9 Å². The molecule has 1 aliphatic carbocycles. The summed E-state index contributed by atoms with van der Waals surface area (Å²) < 4.78 is 0. The number of aromatic nitrogens is 1. The average molecular weight is 282 g/mol. The number of para-hydroxylation sites is 1. The molecule has 1 heterocycles. The van der Waals surface area contributed by atoms with E-state index in [0.29, 0.717) is 0 Å². The minimum Gasteiger partial charge on any atom is -0.312 e. The van der Waals surface area contributed by atoms with Crippen LogP contribution in [0.1, 0.15) is 43.9 Å². The number of rotatable bonds is 4. The molecule has 1 aromatic carbocycles. The SMILES string of the molecule is Cc1cc(CNCC2CCC(C)CC2)c2ccccc2n1. The highest BCUT2D eigenvalue weighted by atomic mass is 14.9. The molecule has 2 aromatic rings. The van der Waals surface area contributed by atoms with Crippen LogP contribution in [0.15, 0.2) is 30.3 Å². The third kappa shape index (κ3) is 3.62. The van der Waals surface area contributed by atoms with E-state index in [4.69, 9.17) is 0 Å². The lowest BCUT2D eigenvalue weighted by atomic mass is 9.83. The normalized spacial score (nSPS) is 22.6. The van der Waals surface area contributed by atoms with Crippen LogP contribution in [0.2, 0.25) is 0 Å². The fraction of sp³-hybridized carbons (Fsp3) is 0.526. The zero-order valence-electron chi connectivity index (χ0n) is 13.2. The third-order valence-corrected chi connectivity index (χ3v) is 4.81. The number of aryl methyl sites for hydroxylation is 1. The van der Waals surface area contributed by atoms with Gasteiger partial charge in [-0.15, -0.1) is 0 Å². The molecule has 112 valence electrons. The van der Waals surface area contributed by atoms with Crippen molar-refractivity contribution >= 4 is 10.9 Å². The fourth-order valence-electron chi connectivity index (χ4n) is 3.49. The molecule has 1 fully saturated rings. The predicted octanol–water partition coefficient (Wildman–Crippen LogP) is 4.46. The molecule has 21 heavy (non-hydrogen) atoms. The maximum atomic E-state index is 4.61. The van der Waals surface area contributed by atoms with Gasteiger partial charge in [-0.25, -0.2) is 0 Å². The van der Waals surface area contributed by atoms with Gasteiger partial charge in [-0.1, -0.05) is 38.0 Å². The van der Waals surface area contributed by atoms with Crippen LogP contribution in [0.5, 0.6) is 0 Å². The number of nitrogens with one attached hydrogen (secondary N) is 1. The van der Waals surface area contributed by atoms with Crippen molar-refractivity contribution in [1.82, 2.24) is 10.3 Å². The number of hydrogen-bond donors (Lipinski definition) is 1. The van der Waals surface area contributed by atoms with Crippen LogP contribution in [0, 0.1) is 18.8 Å². The van der Waals surface area contributed by atoms with E-state index in [2.05, 4.69) is 54.5 Å². The van der Waals surface area contributed by atoms with Gasteiger partial charge in [-0.3, -0.25) is 4.98 Å². The van der Waals surface area contributed by atoms with E-state index in [-0.39, 0.29) is 0 Å². The van der Waals surface area contributed by atoms with Gasteiger partial charge in [-0.2, -0.15) is 0 Å². The molecule has 2 nitrogen and oxygen atoms in total. The monoisotopic (exact) mass is 282 g/mol. The Bertz CT molecular complexity index is 598. The molecule has 0 radical (unpaired) electrons. The second kappa shape index (κ2) is 6.57. The van der Waals surface area contributed by atoms with Crippen molar-refractivity contribution in [3.8, 4) is 0 Å². The highest BCUT2D eigenvalue weighted by molar-refractivity contribution is 5.82.